The van der Waals surface area contributed by atoms with Crippen molar-refractivity contribution in [3.63, 3.8) is 0 Å². The summed E-state index contributed by atoms with van der Waals surface area (Å²) < 4.78 is 0. The summed E-state index contributed by atoms with van der Waals surface area (Å²) in [7, 11) is 0. The Morgan fingerprint density at radius 3 is 2.64 bits per heavy atom. The topological polar surface area (TPSA) is 64.3 Å². The molecule has 4 nitrogen and oxygen atoms in total. The minimum atomic E-state index is -1.19. The number of aliphatic carboxylic acids is 1. The molecule has 1 saturated carbocycles. The third kappa shape index (κ3) is 3.81. The number of nitrogens with zero attached hydrogens (tertiary/aromatic N) is 2. The summed E-state index contributed by atoms with van der Waals surface area (Å²) in [5.74, 6) is -0.766. The lowest BCUT2D eigenvalue weighted by atomic mass is 9.95. The van der Waals surface area contributed by atoms with Gasteiger partial charge in [0.1, 0.15) is 11.6 Å². The lowest BCUT2D eigenvalue weighted by molar-refractivity contribution is -0.132. The number of nitriles is 1. The summed E-state index contributed by atoms with van der Waals surface area (Å²) in [4.78, 5) is 13.7. The lowest BCUT2D eigenvalue weighted by Crippen LogP contribution is -2.26. The number of allylic oxidation sites excluding steroid dienone is 1. The monoisotopic (exact) mass is 433 g/mol. The van der Waals surface area contributed by atoms with Gasteiger partial charge in [0.05, 0.1) is 0 Å². The van der Waals surface area contributed by atoms with Crippen LogP contribution in [0.2, 0.25) is 0 Å². The standard InChI is InChI=1S/C29H25N2O2/c1-2-3-5-19-8-10-22-17-24(12-11-21(22)14-19)31-27-7-4-6-25(27)26-16-20(9-13-28(26)31)15-23(18-30)29(32)33/h2-3,5,8-17,25,27H,4,6-7H2,1H3,(H,32,33)/b5-3?,23-15+. The van der Waals surface area contributed by atoms with Crippen LogP contribution >= 0.6 is 0 Å². The highest BCUT2D eigenvalue weighted by Gasteiger charge is 2.42. The molecule has 33 heavy (non-hydrogen) atoms. The zero-order chi connectivity index (χ0) is 22.9. The fourth-order valence-corrected chi connectivity index (χ4v) is 5.32. The number of carboxylic acids is 1. The minimum Gasteiger partial charge on any atom is -0.477 e. The Bertz CT molecular complexity index is 1350. The summed E-state index contributed by atoms with van der Waals surface area (Å²) in [6.45, 7) is 2.02. The van der Waals surface area contributed by atoms with Crippen LogP contribution in [0.15, 0.2) is 66.2 Å². The van der Waals surface area contributed by atoms with Crippen LogP contribution in [0.5, 0.6) is 0 Å². The van der Waals surface area contributed by atoms with Gasteiger partial charge in [-0.2, -0.15) is 5.26 Å². The first-order chi connectivity index (χ1) is 16.1. The van der Waals surface area contributed by atoms with Gasteiger partial charge in [-0.15, -0.1) is 0 Å². The number of carbonyl (C=O) groups is 1. The molecule has 1 N–H and O–H groups in total. The van der Waals surface area contributed by atoms with E-state index in [4.69, 9.17) is 5.26 Å². The molecule has 0 spiro atoms. The molecule has 2 atom stereocenters. The normalized spacial score (nSPS) is 19.6. The lowest BCUT2D eigenvalue weighted by Gasteiger charge is -2.27. The van der Waals surface area contributed by atoms with Crippen LogP contribution in [-0.4, -0.2) is 17.1 Å². The molecule has 163 valence electrons. The maximum absolute atomic E-state index is 11.3. The Morgan fingerprint density at radius 1 is 1.06 bits per heavy atom. The molecule has 2 aliphatic rings. The second-order valence-corrected chi connectivity index (χ2v) is 8.75. The van der Waals surface area contributed by atoms with Crippen LogP contribution in [0, 0.1) is 17.8 Å². The molecule has 5 rings (SSSR count). The van der Waals surface area contributed by atoms with E-state index >= 15 is 0 Å². The molecule has 0 aromatic heterocycles. The van der Waals surface area contributed by atoms with E-state index < -0.39 is 5.97 Å². The molecule has 3 aromatic rings. The molecule has 3 aromatic carbocycles. The van der Waals surface area contributed by atoms with Crippen molar-refractivity contribution >= 4 is 40.3 Å². The molecule has 1 aliphatic heterocycles. The fourth-order valence-electron chi connectivity index (χ4n) is 5.32. The van der Waals surface area contributed by atoms with Gasteiger partial charge in [0.25, 0.3) is 0 Å². The van der Waals surface area contributed by atoms with Crippen molar-refractivity contribution in [2.24, 2.45) is 0 Å². The Kier molecular flexibility index (Phi) is 5.48. The molecule has 4 heteroatoms. The smallest absolute Gasteiger partial charge is 0.346 e. The summed E-state index contributed by atoms with van der Waals surface area (Å²) >= 11 is 0. The van der Waals surface area contributed by atoms with Crippen molar-refractivity contribution < 1.29 is 9.90 Å². The van der Waals surface area contributed by atoms with E-state index in [0.29, 0.717) is 12.0 Å². The van der Waals surface area contributed by atoms with E-state index in [1.165, 1.54) is 45.8 Å². The van der Waals surface area contributed by atoms with Crippen molar-refractivity contribution in [3.05, 3.63) is 89.4 Å². The van der Waals surface area contributed by atoms with Gasteiger partial charge in [0, 0.05) is 23.3 Å². The number of rotatable bonds is 5. The maximum Gasteiger partial charge on any atom is 0.346 e. The third-order valence-corrected chi connectivity index (χ3v) is 6.79. The highest BCUT2D eigenvalue weighted by Crippen LogP contribution is 2.52. The van der Waals surface area contributed by atoms with E-state index in [9.17, 15) is 9.90 Å². The molecule has 1 fully saturated rings. The first-order valence-electron chi connectivity index (χ1n) is 11.4. The minimum absolute atomic E-state index is 0.242. The van der Waals surface area contributed by atoms with E-state index in [0.717, 1.165) is 18.4 Å². The van der Waals surface area contributed by atoms with E-state index in [2.05, 4.69) is 65.6 Å². The largest absolute Gasteiger partial charge is 0.477 e. The number of hydrogen-bond donors (Lipinski definition) is 1. The molecular formula is C29H25N2O2. The molecular weight excluding hydrogens is 408 g/mol. The number of hydrogen-bond acceptors (Lipinski definition) is 3. The Balaban J connectivity index is 1.54. The average Bonchev–Trinajstić information content (AvgIpc) is 3.41. The van der Waals surface area contributed by atoms with Gasteiger partial charge < -0.3 is 10.0 Å². The summed E-state index contributed by atoms with van der Waals surface area (Å²) in [6.07, 6.45) is 11.1. The predicted molar refractivity (Wildman–Crippen MR) is 133 cm³/mol. The molecule has 0 saturated heterocycles. The zero-order valence-electron chi connectivity index (χ0n) is 18.5. The van der Waals surface area contributed by atoms with Gasteiger partial charge in [-0.3, -0.25) is 0 Å². The first kappa shape index (κ1) is 21.0. The molecule has 2 unspecified atom stereocenters. The van der Waals surface area contributed by atoms with Crippen molar-refractivity contribution in [1.29, 1.82) is 5.26 Å². The Morgan fingerprint density at radius 2 is 1.85 bits per heavy atom. The fraction of sp³-hybridized carbons (Fsp3) is 0.207. The molecule has 0 amide bonds. The van der Waals surface area contributed by atoms with Crippen LogP contribution in [-0.2, 0) is 4.79 Å². The van der Waals surface area contributed by atoms with E-state index in [-0.39, 0.29) is 5.57 Å². The van der Waals surface area contributed by atoms with Gasteiger partial charge in [0.2, 0.25) is 0 Å². The third-order valence-electron chi connectivity index (χ3n) is 6.79. The summed E-state index contributed by atoms with van der Waals surface area (Å²) in [5.41, 5.74) is 5.35. The van der Waals surface area contributed by atoms with Crippen LogP contribution < -0.4 is 4.90 Å². The highest BCUT2D eigenvalue weighted by atomic mass is 16.4. The number of anilines is 2. The van der Waals surface area contributed by atoms with Crippen molar-refractivity contribution in [1.82, 2.24) is 0 Å². The second-order valence-electron chi connectivity index (χ2n) is 8.75. The van der Waals surface area contributed by atoms with Gasteiger partial charge in [-0.05, 0) is 83.1 Å². The maximum atomic E-state index is 11.3. The number of carboxylic acid groups (broad SMARTS) is 1. The van der Waals surface area contributed by atoms with Crippen molar-refractivity contribution in [3.8, 4) is 6.07 Å². The number of benzene rings is 3. The zero-order valence-corrected chi connectivity index (χ0v) is 18.5. The van der Waals surface area contributed by atoms with Gasteiger partial charge >= 0.3 is 5.97 Å². The molecule has 0 bridgehead atoms. The SMILES string of the molecule is C[CH]C=Cc1ccc2cc(N3c4ccc(/C=C(\C#N)C(=O)O)cc4C4CCCC43)ccc2c1. The number of fused-ring (bicyclic) bond motifs is 4. The highest BCUT2D eigenvalue weighted by molar-refractivity contribution is 5.96. The summed E-state index contributed by atoms with van der Waals surface area (Å²) in [5, 5.41) is 20.8. The average molecular weight is 434 g/mol. The van der Waals surface area contributed by atoms with Crippen LogP contribution in [0.3, 0.4) is 0 Å². The van der Waals surface area contributed by atoms with Crippen LogP contribution in [0.25, 0.3) is 22.9 Å². The molecule has 1 aliphatic carbocycles. The van der Waals surface area contributed by atoms with Crippen LogP contribution in [0.1, 0.15) is 48.8 Å². The molecule has 1 radical (unpaired) electrons. The Labute approximate surface area is 194 Å². The van der Waals surface area contributed by atoms with Gasteiger partial charge in [0.15, 0.2) is 0 Å². The van der Waals surface area contributed by atoms with E-state index in [1.54, 1.807) is 6.07 Å². The predicted octanol–water partition coefficient (Wildman–Crippen LogP) is 6.86. The van der Waals surface area contributed by atoms with Gasteiger partial charge in [-0.25, -0.2) is 4.79 Å². The van der Waals surface area contributed by atoms with E-state index in [1.807, 2.05) is 19.4 Å². The quantitative estimate of drug-likeness (QED) is 0.353. The van der Waals surface area contributed by atoms with Crippen LogP contribution in [0.4, 0.5) is 11.4 Å². The summed E-state index contributed by atoms with van der Waals surface area (Å²) in [6, 6.07) is 21.5. The Hall–Kier alpha value is -3.84. The second kappa shape index (κ2) is 8.60. The first-order valence-corrected chi connectivity index (χ1v) is 11.4. The van der Waals surface area contributed by atoms with Crippen molar-refractivity contribution in [2.45, 2.75) is 38.1 Å². The molecule has 1 heterocycles. The van der Waals surface area contributed by atoms with Crippen molar-refractivity contribution in [2.75, 3.05) is 4.90 Å². The van der Waals surface area contributed by atoms with Gasteiger partial charge in [-0.1, -0.05) is 49.8 Å².